The molecule has 0 bridgehead atoms. The summed E-state index contributed by atoms with van der Waals surface area (Å²) in [6.45, 7) is 4.44. The average Bonchev–Trinajstić information content (AvgIpc) is 0.811. The second-order valence-corrected chi connectivity index (χ2v) is 6.93. The summed E-state index contributed by atoms with van der Waals surface area (Å²) in [7, 11) is 3.12. The Morgan fingerprint density at radius 2 is 1.50 bits per heavy atom. The third-order valence-corrected chi connectivity index (χ3v) is 0. The molecule has 0 heterocycles. The highest BCUT2D eigenvalue weighted by molar-refractivity contribution is 7.01. The van der Waals surface area contributed by atoms with Crippen molar-refractivity contribution in [2.75, 3.05) is 0 Å². The Hall–Kier alpha value is 0.434. The highest BCUT2D eigenvalue weighted by Crippen LogP contribution is 1.59. The second-order valence-electron chi connectivity index (χ2n) is 1.15. The van der Waals surface area contributed by atoms with Crippen LogP contribution in [0.4, 0.5) is 0 Å². The van der Waals surface area contributed by atoms with Crippen LogP contribution < -0.4 is 0 Å². The second kappa shape index (κ2) is 1.72. The lowest BCUT2D eigenvalue weighted by Gasteiger charge is -1.75. The molecule has 2 heteroatoms. The van der Waals surface area contributed by atoms with Gasteiger partial charge in [-0.15, -0.1) is 0 Å². The van der Waals surface area contributed by atoms with Gasteiger partial charge in [-0.1, -0.05) is 13.1 Å². The van der Waals surface area contributed by atoms with Crippen LogP contribution in [-0.4, -0.2) is 18.1 Å². The molecule has 0 spiro atoms. The van der Waals surface area contributed by atoms with Gasteiger partial charge in [0.05, 0.1) is 0 Å². The first-order valence-corrected chi connectivity index (χ1v) is 6.06. The van der Waals surface area contributed by atoms with Crippen LogP contribution in [0.2, 0.25) is 13.1 Å². The summed E-state index contributed by atoms with van der Waals surface area (Å²) in [5.41, 5.74) is 0. The third-order valence-electron chi connectivity index (χ3n) is 0. The minimum atomic E-state index is -0.333. The van der Waals surface area contributed by atoms with Gasteiger partial charge in [-0.05, 0) is 0 Å². The van der Waals surface area contributed by atoms with Crippen LogP contribution in [0, 0.1) is 0 Å². The summed E-state index contributed by atoms with van der Waals surface area (Å²) in [5.74, 6) is 0. The van der Waals surface area contributed by atoms with Crippen molar-refractivity contribution in [3.63, 3.8) is 0 Å². The molecule has 0 aromatic heterocycles. The molecule has 0 aromatic carbocycles. The maximum Gasteiger partial charge on any atom is 0.0159 e. The van der Waals surface area contributed by atoms with E-state index in [1.54, 1.807) is 0 Å². The Balaban J connectivity index is 2.32. The zero-order chi connectivity index (χ0) is 3.58. The first-order chi connectivity index (χ1) is 1.73. The van der Waals surface area contributed by atoms with Crippen LogP contribution in [-0.2, 0) is 0 Å². The maximum atomic E-state index is 3.45. The lowest BCUT2D eigenvalue weighted by atomic mass is 11.9. The quantitative estimate of drug-likeness (QED) is 0.369. The fraction of sp³-hybridized carbons (Fsp3) is 1.00. The minimum absolute atomic E-state index is 0.333. The van der Waals surface area contributed by atoms with E-state index in [0.717, 1.165) is 0 Å². The van der Waals surface area contributed by atoms with Crippen LogP contribution in [0.25, 0.3) is 0 Å². The van der Waals surface area contributed by atoms with Gasteiger partial charge in [-0.2, -0.15) is 0 Å². The summed E-state index contributed by atoms with van der Waals surface area (Å²) in [6, 6.07) is 0. The maximum absolute atomic E-state index is 3.45. The highest BCUT2D eigenvalue weighted by Gasteiger charge is 1.72. The van der Waals surface area contributed by atoms with Crippen LogP contribution in [0.5, 0.6) is 0 Å². The molecule has 0 unspecified atom stereocenters. The summed E-state index contributed by atoms with van der Waals surface area (Å²) >= 11 is 0. The van der Waals surface area contributed by atoms with Gasteiger partial charge in [-0.3, -0.25) is 0 Å². The first kappa shape index (κ1) is 4.43. The van der Waals surface area contributed by atoms with Crippen molar-refractivity contribution in [1.82, 2.24) is 0 Å². The number of rotatable bonds is 0. The molecule has 4 heavy (non-hydrogen) atoms. The van der Waals surface area contributed by atoms with E-state index in [1.165, 1.54) is 0 Å². The predicted molar refractivity (Wildman–Crippen MR) is 24.6 cm³/mol. The van der Waals surface area contributed by atoms with Gasteiger partial charge in [0.15, 0.2) is 0 Å². The number of hydrogen-bond acceptors (Lipinski definition) is 0. The summed E-state index contributed by atoms with van der Waals surface area (Å²) in [4.78, 5) is 0. The van der Waals surface area contributed by atoms with Gasteiger partial charge in [0.25, 0.3) is 0 Å². The molecule has 23 valence electrons. The van der Waals surface area contributed by atoms with Gasteiger partial charge in [0.1, 0.15) is 0 Å². The molecule has 3 radical (unpaired) electrons. The Labute approximate surface area is 32.0 Å². The van der Waals surface area contributed by atoms with E-state index in [1.807, 2.05) is 0 Å². The van der Waals surface area contributed by atoms with E-state index in [-0.39, 0.29) is 8.31 Å². The molecule has 0 rings (SSSR count). The summed E-state index contributed by atoms with van der Waals surface area (Å²) in [5, 5.41) is 0. The van der Waals surface area contributed by atoms with Gasteiger partial charge in [-0.25, -0.2) is 0 Å². The topological polar surface area (TPSA) is 0 Å². The Kier molecular flexibility index (Phi) is 1.91. The zero-order valence-corrected chi connectivity index (χ0v) is 5.23. The van der Waals surface area contributed by atoms with E-state index < -0.39 is 0 Å². The number of hydrogen-bond donors (Lipinski definition) is 0. The van der Waals surface area contributed by atoms with E-state index >= 15 is 0 Å². The molecule has 0 aliphatic rings. The van der Waals surface area contributed by atoms with Crippen LogP contribution >= 0.6 is 0 Å². The van der Waals surface area contributed by atoms with Crippen molar-refractivity contribution >= 4 is 18.1 Å². The molecule has 0 aliphatic carbocycles. The molecule has 0 N–H and O–H groups in total. The first-order valence-electron chi connectivity index (χ1n) is 1.44. The van der Waals surface area contributed by atoms with E-state index in [9.17, 15) is 0 Å². The molecule has 0 fully saturated rings. The lowest BCUT2D eigenvalue weighted by molar-refractivity contribution is 2.10. The Morgan fingerprint density at radius 1 is 1.50 bits per heavy atom. The van der Waals surface area contributed by atoms with Gasteiger partial charge in [0, 0.05) is 18.1 Å². The standard InChI is InChI=1S/C2H7Si2/c1-4(2)3/h4H,1-2H3. The zero-order valence-electron chi connectivity index (χ0n) is 3.08. The minimum Gasteiger partial charge on any atom is -0.0747 e. The molecular weight excluding hydrogens is 80.2 g/mol. The molecule has 0 amide bonds. The van der Waals surface area contributed by atoms with Crippen LogP contribution in [0.1, 0.15) is 0 Å². The van der Waals surface area contributed by atoms with Crippen molar-refractivity contribution in [3.05, 3.63) is 0 Å². The summed E-state index contributed by atoms with van der Waals surface area (Å²) < 4.78 is 0. The fourth-order valence-corrected chi connectivity index (χ4v) is 0. The third kappa shape index (κ3) is 26.6. The van der Waals surface area contributed by atoms with Gasteiger partial charge >= 0.3 is 0 Å². The molecule has 0 saturated carbocycles. The van der Waals surface area contributed by atoms with Crippen LogP contribution in [0.15, 0.2) is 0 Å². The molecule has 0 aromatic rings. The molecule has 0 atom stereocenters. The molecule has 0 aliphatic heterocycles. The van der Waals surface area contributed by atoms with Crippen molar-refractivity contribution in [1.29, 1.82) is 0 Å². The van der Waals surface area contributed by atoms with Gasteiger partial charge < -0.3 is 0 Å². The largest absolute Gasteiger partial charge is 0.0747 e. The van der Waals surface area contributed by atoms with Crippen molar-refractivity contribution in [2.24, 2.45) is 0 Å². The Bertz CT molecular complexity index is 8.75. The monoisotopic (exact) mass is 87.0 g/mol. The lowest BCUT2D eigenvalue weighted by Crippen LogP contribution is -1.94. The van der Waals surface area contributed by atoms with Crippen molar-refractivity contribution in [2.45, 2.75) is 13.1 Å². The van der Waals surface area contributed by atoms with E-state index in [2.05, 4.69) is 22.9 Å². The fourth-order valence-electron chi connectivity index (χ4n) is 0. The molecular formula is C2H7Si2. The molecule has 0 saturated heterocycles. The van der Waals surface area contributed by atoms with Crippen molar-refractivity contribution < 1.29 is 0 Å². The van der Waals surface area contributed by atoms with E-state index in [0.29, 0.717) is 0 Å². The SMILES string of the molecule is C[SiH](C)[Si]. The highest BCUT2D eigenvalue weighted by atomic mass is 29.1. The van der Waals surface area contributed by atoms with E-state index in [4.69, 9.17) is 0 Å². The average molecular weight is 87.2 g/mol. The molecule has 0 nitrogen and oxygen atoms in total. The van der Waals surface area contributed by atoms with Gasteiger partial charge in [0.2, 0.25) is 0 Å². The van der Waals surface area contributed by atoms with Crippen molar-refractivity contribution in [3.8, 4) is 0 Å². The predicted octanol–water partition coefficient (Wildman–Crippen LogP) is 0.138. The summed E-state index contributed by atoms with van der Waals surface area (Å²) in [6.07, 6.45) is 0. The normalized spacial score (nSPS) is 9.00. The Morgan fingerprint density at radius 3 is 1.50 bits per heavy atom. The van der Waals surface area contributed by atoms with Crippen LogP contribution in [0.3, 0.4) is 0 Å². The smallest absolute Gasteiger partial charge is 0.0159 e.